The number of benzene rings is 1. The molecule has 1 aromatic carbocycles. The van der Waals surface area contributed by atoms with E-state index in [0.29, 0.717) is 23.5 Å². The maximum Gasteiger partial charge on any atom is 0.308 e. The van der Waals surface area contributed by atoms with Gasteiger partial charge in [0.15, 0.2) is 11.9 Å². The molecular weight excluding hydrogens is 492 g/mol. The number of esters is 2. The molecule has 6 rings (SSSR count). The van der Waals surface area contributed by atoms with E-state index in [1.165, 1.54) is 12.1 Å². The zero-order valence-corrected chi connectivity index (χ0v) is 21.8. The zero-order valence-electron chi connectivity index (χ0n) is 21.8. The number of rotatable bonds is 6. The van der Waals surface area contributed by atoms with Gasteiger partial charge in [-0.3, -0.25) is 9.59 Å². The van der Waals surface area contributed by atoms with Gasteiger partial charge in [0, 0.05) is 23.8 Å². The second-order valence-corrected chi connectivity index (χ2v) is 11.0. The van der Waals surface area contributed by atoms with E-state index in [4.69, 9.17) is 34.0 Å². The van der Waals surface area contributed by atoms with Crippen LogP contribution in [0.1, 0.15) is 76.5 Å². The molecule has 0 amide bonds. The summed E-state index contributed by atoms with van der Waals surface area (Å²) < 4.78 is 23.4. The smallest absolute Gasteiger partial charge is 0.308 e. The van der Waals surface area contributed by atoms with Crippen LogP contribution in [0, 0.1) is 46.3 Å². The summed E-state index contributed by atoms with van der Waals surface area (Å²) in [5.74, 6) is -1.78. The topological polar surface area (TPSA) is 137 Å². The van der Waals surface area contributed by atoms with E-state index in [0.717, 1.165) is 19.3 Å². The van der Waals surface area contributed by atoms with E-state index in [9.17, 15) is 14.9 Å². The first-order valence-electron chi connectivity index (χ1n) is 13.2. The number of nitrogens with zero attached hydrogens (tertiary/aromatic N) is 2. The molecule has 9 atom stereocenters. The van der Waals surface area contributed by atoms with Gasteiger partial charge in [-0.2, -0.15) is 10.5 Å². The third-order valence-electron chi connectivity index (χ3n) is 8.59. The molecule has 1 aromatic rings. The van der Waals surface area contributed by atoms with Gasteiger partial charge in [-0.25, -0.2) is 9.78 Å². The molecule has 202 valence electrons. The third kappa shape index (κ3) is 4.67. The van der Waals surface area contributed by atoms with Crippen LogP contribution >= 0.6 is 0 Å². The van der Waals surface area contributed by atoms with E-state index in [-0.39, 0.29) is 30.6 Å². The molecule has 1 aliphatic carbocycles. The van der Waals surface area contributed by atoms with Crippen molar-refractivity contribution in [1.82, 2.24) is 0 Å². The molecule has 4 saturated heterocycles. The van der Waals surface area contributed by atoms with Crippen molar-refractivity contribution < 1.29 is 38.3 Å². The van der Waals surface area contributed by atoms with Crippen molar-refractivity contribution in [2.24, 2.45) is 23.7 Å². The largest absolute Gasteiger partial charge is 0.442 e. The molecule has 2 bridgehead atoms. The van der Waals surface area contributed by atoms with Crippen molar-refractivity contribution in [3.8, 4) is 12.1 Å². The molecule has 4 heterocycles. The van der Waals surface area contributed by atoms with Gasteiger partial charge in [0.25, 0.3) is 0 Å². The molecule has 38 heavy (non-hydrogen) atoms. The molecule has 1 saturated carbocycles. The SMILES string of the molecule is C[C@@H]1CCC2[C@@H](C)[C@H](OC(=O)CCC(=O)OC(C#N)c3ccc(C#N)cc3)O[C@@H]3O[C@]4(C)CCC1[C@@]23OO4. The van der Waals surface area contributed by atoms with Crippen molar-refractivity contribution in [2.45, 2.75) is 89.4 Å². The molecular formula is C28H32N2O8. The van der Waals surface area contributed by atoms with Gasteiger partial charge >= 0.3 is 11.9 Å². The van der Waals surface area contributed by atoms with Crippen LogP contribution in [-0.4, -0.2) is 35.9 Å². The number of hydrogen-bond acceptors (Lipinski definition) is 10. The van der Waals surface area contributed by atoms with Crippen LogP contribution in [0.3, 0.4) is 0 Å². The van der Waals surface area contributed by atoms with E-state index in [1.807, 2.05) is 26.0 Å². The lowest BCUT2D eigenvalue weighted by molar-refractivity contribution is -0.576. The predicted molar refractivity (Wildman–Crippen MR) is 128 cm³/mol. The van der Waals surface area contributed by atoms with Crippen LogP contribution in [0.4, 0.5) is 0 Å². The second kappa shape index (κ2) is 10.3. The Morgan fingerprint density at radius 1 is 1.05 bits per heavy atom. The normalized spacial score (nSPS) is 38.0. The van der Waals surface area contributed by atoms with Gasteiger partial charge in [0.1, 0.15) is 6.07 Å². The number of carbonyl (C=O) groups excluding carboxylic acids is 2. The molecule has 3 unspecified atom stereocenters. The second-order valence-electron chi connectivity index (χ2n) is 11.0. The van der Waals surface area contributed by atoms with Crippen molar-refractivity contribution in [1.29, 1.82) is 10.5 Å². The Kier molecular flexibility index (Phi) is 7.19. The first kappa shape index (κ1) is 26.6. The van der Waals surface area contributed by atoms with E-state index in [2.05, 4.69) is 6.92 Å². The van der Waals surface area contributed by atoms with Crippen LogP contribution in [0.2, 0.25) is 0 Å². The van der Waals surface area contributed by atoms with Crippen LogP contribution in [-0.2, 0) is 38.3 Å². The minimum Gasteiger partial charge on any atom is -0.442 e. The molecule has 10 heteroatoms. The minimum absolute atomic E-state index is 0.0108. The minimum atomic E-state index is -1.14. The Hall–Kier alpha value is -3.02. The van der Waals surface area contributed by atoms with Gasteiger partial charge in [0.05, 0.1) is 24.5 Å². The lowest BCUT2D eigenvalue weighted by atomic mass is 9.58. The van der Waals surface area contributed by atoms with Gasteiger partial charge in [-0.1, -0.05) is 26.0 Å². The van der Waals surface area contributed by atoms with Gasteiger partial charge in [-0.05, 0) is 50.2 Å². The van der Waals surface area contributed by atoms with Gasteiger partial charge in [-0.15, -0.1) is 0 Å². The summed E-state index contributed by atoms with van der Waals surface area (Å²) in [6.45, 7) is 6.04. The third-order valence-corrected chi connectivity index (χ3v) is 8.59. The molecule has 1 spiro atoms. The Bertz CT molecular complexity index is 1160. The average molecular weight is 525 g/mol. The quantitative estimate of drug-likeness (QED) is 0.393. The standard InChI is InChI=1S/C28H32N2O8/c1-16-4-9-21-17(2)25(35-26-28(21)20(16)12-13-27(3,36-26)37-38-28)34-24(32)11-10-23(31)33-22(15-30)19-7-5-18(14-29)6-8-19/h5-8,16-17,20-22,25-26H,4,9-13H2,1-3H3/t16-,17-,20?,21?,22?,25-,26-,27+,28-/m1/s1. The Balaban J connectivity index is 1.20. The lowest BCUT2D eigenvalue weighted by Gasteiger charge is -2.59. The molecule has 5 aliphatic rings. The summed E-state index contributed by atoms with van der Waals surface area (Å²) in [5.41, 5.74) is 0.119. The molecule has 10 nitrogen and oxygen atoms in total. The Labute approximate surface area is 221 Å². The highest BCUT2D eigenvalue weighted by Crippen LogP contribution is 2.60. The number of fused-ring (bicyclic) bond motifs is 2. The lowest BCUT2D eigenvalue weighted by Crippen LogP contribution is -2.70. The molecule has 5 fully saturated rings. The Morgan fingerprint density at radius 3 is 2.50 bits per heavy atom. The fourth-order valence-electron chi connectivity index (χ4n) is 6.49. The highest BCUT2D eigenvalue weighted by molar-refractivity contribution is 5.78. The molecule has 0 N–H and O–H groups in total. The van der Waals surface area contributed by atoms with Crippen LogP contribution in [0.5, 0.6) is 0 Å². The van der Waals surface area contributed by atoms with Crippen molar-refractivity contribution in [3.63, 3.8) is 0 Å². The highest BCUT2D eigenvalue weighted by Gasteiger charge is 2.69. The number of ether oxygens (including phenoxy) is 4. The Morgan fingerprint density at radius 2 is 1.79 bits per heavy atom. The summed E-state index contributed by atoms with van der Waals surface area (Å²) in [4.78, 5) is 37.0. The summed E-state index contributed by atoms with van der Waals surface area (Å²) in [5, 5.41) is 18.3. The van der Waals surface area contributed by atoms with Crippen LogP contribution < -0.4 is 0 Å². The summed E-state index contributed by atoms with van der Waals surface area (Å²) in [6.07, 6.45) is 0.272. The first-order chi connectivity index (χ1) is 18.2. The number of carbonyl (C=O) groups is 2. The highest BCUT2D eigenvalue weighted by atomic mass is 17.3. The molecule has 0 aromatic heterocycles. The van der Waals surface area contributed by atoms with E-state index in [1.54, 1.807) is 12.1 Å². The van der Waals surface area contributed by atoms with Crippen molar-refractivity contribution in [3.05, 3.63) is 35.4 Å². The fraction of sp³-hybridized carbons (Fsp3) is 0.643. The average Bonchev–Trinajstić information content (AvgIpc) is 3.15. The maximum absolute atomic E-state index is 12.7. The van der Waals surface area contributed by atoms with Crippen molar-refractivity contribution in [2.75, 3.05) is 0 Å². The molecule has 4 aliphatic heterocycles. The maximum atomic E-state index is 12.7. The number of hydrogen-bond donors (Lipinski definition) is 0. The summed E-state index contributed by atoms with van der Waals surface area (Å²) >= 11 is 0. The fourth-order valence-corrected chi connectivity index (χ4v) is 6.49. The first-order valence-corrected chi connectivity index (χ1v) is 13.2. The summed E-state index contributed by atoms with van der Waals surface area (Å²) in [7, 11) is 0. The van der Waals surface area contributed by atoms with Gasteiger partial charge < -0.3 is 18.9 Å². The van der Waals surface area contributed by atoms with Crippen molar-refractivity contribution >= 4 is 11.9 Å². The monoisotopic (exact) mass is 524 g/mol. The zero-order chi connectivity index (χ0) is 27.1. The number of nitriles is 2. The molecule has 0 radical (unpaired) electrons. The van der Waals surface area contributed by atoms with E-state index >= 15 is 0 Å². The van der Waals surface area contributed by atoms with Gasteiger partial charge in [0.2, 0.25) is 18.2 Å². The van der Waals surface area contributed by atoms with Crippen LogP contribution in [0.25, 0.3) is 0 Å². The predicted octanol–water partition coefficient (Wildman–Crippen LogP) is 4.20. The van der Waals surface area contributed by atoms with E-state index < -0.39 is 42.0 Å². The van der Waals surface area contributed by atoms with Crippen LogP contribution in [0.15, 0.2) is 24.3 Å². The summed E-state index contributed by atoms with van der Waals surface area (Å²) in [6, 6.07) is 10.1.